The molecular formula is C33H28N12S. The van der Waals surface area contributed by atoms with E-state index in [2.05, 4.69) is 73.8 Å². The maximum atomic E-state index is 5.20. The van der Waals surface area contributed by atoms with Gasteiger partial charge in [0.1, 0.15) is 11.6 Å². The molecule has 13 heteroatoms. The third kappa shape index (κ3) is 4.02. The lowest BCUT2D eigenvalue weighted by Gasteiger charge is -2.15. The van der Waals surface area contributed by atoms with E-state index in [4.69, 9.17) is 19.9 Å². The Morgan fingerprint density at radius 3 is 1.65 bits per heavy atom. The average Bonchev–Trinajstić information content (AvgIpc) is 3.89. The number of thiazole rings is 1. The summed E-state index contributed by atoms with van der Waals surface area (Å²) < 4.78 is 10.2. The Morgan fingerprint density at radius 1 is 0.652 bits per heavy atom. The Kier molecular flexibility index (Phi) is 5.62. The van der Waals surface area contributed by atoms with Gasteiger partial charge in [0, 0.05) is 98.8 Å². The van der Waals surface area contributed by atoms with E-state index in [0.29, 0.717) is 22.4 Å². The quantitative estimate of drug-likeness (QED) is 0.206. The van der Waals surface area contributed by atoms with Crippen LogP contribution in [0.4, 0.5) is 23.0 Å². The zero-order valence-electron chi connectivity index (χ0n) is 25.5. The number of nitrogens with zero attached hydrogens (tertiary/aromatic N) is 10. The van der Waals surface area contributed by atoms with Gasteiger partial charge in [-0.15, -0.1) is 11.3 Å². The van der Waals surface area contributed by atoms with E-state index < -0.39 is 0 Å². The van der Waals surface area contributed by atoms with E-state index in [0.717, 1.165) is 61.8 Å². The molecule has 0 amide bonds. The zero-order valence-corrected chi connectivity index (χ0v) is 26.3. The van der Waals surface area contributed by atoms with Crippen molar-refractivity contribution in [2.45, 2.75) is 0 Å². The highest BCUT2D eigenvalue weighted by molar-refractivity contribution is 7.13. The Bertz CT molecular complexity index is 2380. The molecule has 9 rings (SSSR count). The van der Waals surface area contributed by atoms with Crippen molar-refractivity contribution >= 4 is 62.2 Å². The van der Waals surface area contributed by atoms with Crippen molar-refractivity contribution in [2.75, 3.05) is 10.6 Å². The summed E-state index contributed by atoms with van der Waals surface area (Å²) in [7, 11) is 8.09. The summed E-state index contributed by atoms with van der Waals surface area (Å²) in [6.07, 6.45) is 14.2. The van der Waals surface area contributed by atoms with Gasteiger partial charge in [-0.1, -0.05) is 0 Å². The molecule has 9 aromatic rings. The van der Waals surface area contributed by atoms with E-state index in [1.165, 1.54) is 11.3 Å². The van der Waals surface area contributed by atoms with Crippen molar-refractivity contribution in [1.29, 1.82) is 0 Å². The fourth-order valence-corrected chi connectivity index (χ4v) is 6.78. The number of hydrogen-bond acceptors (Lipinski definition) is 8. The van der Waals surface area contributed by atoms with Gasteiger partial charge in [0.25, 0.3) is 0 Å². The number of aryl methyl sites for hydroxylation is 4. The summed E-state index contributed by atoms with van der Waals surface area (Å²) in [5, 5.41) is 11.8. The molecule has 0 saturated heterocycles. The van der Waals surface area contributed by atoms with Gasteiger partial charge in [-0.05, 0) is 36.4 Å². The minimum absolute atomic E-state index is 0.492. The van der Waals surface area contributed by atoms with Crippen molar-refractivity contribution in [2.24, 2.45) is 28.2 Å². The summed E-state index contributed by atoms with van der Waals surface area (Å²) in [6, 6.07) is 12.4. The van der Waals surface area contributed by atoms with Crippen LogP contribution in [0.5, 0.6) is 0 Å². The first-order chi connectivity index (χ1) is 22.4. The van der Waals surface area contributed by atoms with Gasteiger partial charge in [-0.3, -0.25) is 0 Å². The molecule has 0 radical (unpaired) electrons. The average molecular weight is 625 g/mol. The maximum Gasteiger partial charge on any atom is 0.239 e. The molecule has 0 spiro atoms. The van der Waals surface area contributed by atoms with Crippen LogP contribution in [-0.2, 0) is 28.2 Å². The van der Waals surface area contributed by atoms with Crippen molar-refractivity contribution in [3.05, 3.63) is 85.2 Å². The third-order valence-corrected chi connectivity index (χ3v) is 9.12. The molecule has 46 heavy (non-hydrogen) atoms. The number of nitrogens with one attached hydrogen (secondary N) is 2. The number of rotatable bonds is 7. The Balaban J connectivity index is 1.33. The van der Waals surface area contributed by atoms with Crippen LogP contribution in [-0.4, -0.2) is 47.6 Å². The first-order valence-electron chi connectivity index (χ1n) is 14.7. The largest absolute Gasteiger partial charge is 0.354 e. The molecule has 0 unspecified atom stereocenters. The highest BCUT2D eigenvalue weighted by Crippen LogP contribution is 2.42. The molecular weight excluding hydrogens is 597 g/mol. The molecule has 0 saturated carbocycles. The highest BCUT2D eigenvalue weighted by atomic mass is 32.1. The first-order valence-corrected chi connectivity index (χ1v) is 15.6. The Hall–Kier alpha value is -5.95. The number of hydrogen-bond donors (Lipinski definition) is 2. The molecule has 0 aliphatic rings. The van der Waals surface area contributed by atoms with E-state index in [1.807, 2.05) is 71.6 Å². The summed E-state index contributed by atoms with van der Waals surface area (Å²) in [4.78, 5) is 24.8. The minimum atomic E-state index is 0.492. The molecule has 0 aliphatic carbocycles. The van der Waals surface area contributed by atoms with Crippen LogP contribution < -0.4 is 10.6 Å². The standard InChI is InChI=1S/C33H28N12S/c1-41-15-21(23(17-41)35-25-7-5-12-43(25)3)27-19-9-10-20-28(22-16-42(2)18-24(22)36-26-8-6-13-44(26)4)38-33-40-30(31-34-11-14-46-31)39-32(37-27)45(33)29(19)20/h5-18,35-36H,1-4H3. The van der Waals surface area contributed by atoms with E-state index in [1.54, 1.807) is 6.20 Å². The molecule has 0 aliphatic heterocycles. The molecule has 2 N–H and O–H groups in total. The smallest absolute Gasteiger partial charge is 0.239 e. The van der Waals surface area contributed by atoms with Gasteiger partial charge in [0.2, 0.25) is 11.6 Å². The van der Waals surface area contributed by atoms with E-state index in [-0.39, 0.29) is 0 Å². The Morgan fingerprint density at radius 2 is 1.20 bits per heavy atom. The summed E-state index contributed by atoms with van der Waals surface area (Å²) >= 11 is 1.49. The topological polar surface area (TPSA) is 113 Å². The predicted molar refractivity (Wildman–Crippen MR) is 182 cm³/mol. The fourth-order valence-electron chi connectivity index (χ4n) is 6.21. The van der Waals surface area contributed by atoms with Gasteiger partial charge < -0.3 is 28.9 Å². The first kappa shape index (κ1) is 26.5. The fraction of sp³-hybridized carbons (Fsp3) is 0.121. The van der Waals surface area contributed by atoms with Crippen LogP contribution in [0.25, 0.3) is 61.2 Å². The zero-order chi connectivity index (χ0) is 31.1. The second kappa shape index (κ2) is 9.78. The van der Waals surface area contributed by atoms with Crippen LogP contribution in [0.3, 0.4) is 0 Å². The second-order valence-corrected chi connectivity index (χ2v) is 12.4. The molecule has 8 heterocycles. The van der Waals surface area contributed by atoms with Gasteiger partial charge in [0.05, 0.1) is 28.3 Å². The summed E-state index contributed by atoms with van der Waals surface area (Å²) in [5.41, 5.74) is 6.44. The van der Waals surface area contributed by atoms with Crippen molar-refractivity contribution < 1.29 is 0 Å². The SMILES string of the molecule is Cn1cc(Nc2cccn2C)c(-c2nc3nc(-c4nccs4)nc4nc(-c5cn(C)cc5Nc5cccn5C)c5ccc2c5n34)c1. The lowest BCUT2D eigenvalue weighted by Crippen LogP contribution is -2.08. The predicted octanol–water partition coefficient (Wildman–Crippen LogP) is 6.56. The molecule has 0 bridgehead atoms. The number of anilines is 4. The summed E-state index contributed by atoms with van der Waals surface area (Å²) in [5.74, 6) is 3.48. The second-order valence-electron chi connectivity index (χ2n) is 11.5. The molecule has 0 atom stereocenters. The van der Waals surface area contributed by atoms with Crippen LogP contribution in [0.15, 0.2) is 85.2 Å². The van der Waals surface area contributed by atoms with Crippen molar-refractivity contribution in [1.82, 2.24) is 47.6 Å². The normalized spacial score (nSPS) is 11.9. The van der Waals surface area contributed by atoms with Crippen LogP contribution in [0, 0.1) is 0 Å². The number of aromatic nitrogens is 10. The van der Waals surface area contributed by atoms with E-state index in [9.17, 15) is 0 Å². The minimum Gasteiger partial charge on any atom is -0.354 e. The molecule has 0 fully saturated rings. The van der Waals surface area contributed by atoms with Crippen LogP contribution in [0.1, 0.15) is 0 Å². The van der Waals surface area contributed by atoms with Crippen molar-refractivity contribution in [3.8, 4) is 33.3 Å². The van der Waals surface area contributed by atoms with Crippen LogP contribution >= 0.6 is 11.3 Å². The van der Waals surface area contributed by atoms with Gasteiger partial charge >= 0.3 is 0 Å². The molecule has 1 aromatic carbocycles. The van der Waals surface area contributed by atoms with Gasteiger partial charge in [-0.2, -0.15) is 9.97 Å². The summed E-state index contributed by atoms with van der Waals surface area (Å²) in [6.45, 7) is 0. The Labute approximate surface area is 266 Å². The third-order valence-electron chi connectivity index (χ3n) is 8.35. The molecule has 8 aromatic heterocycles. The maximum absolute atomic E-state index is 5.20. The lowest BCUT2D eigenvalue weighted by molar-refractivity contribution is 0.924. The van der Waals surface area contributed by atoms with Crippen LogP contribution in [0.2, 0.25) is 0 Å². The van der Waals surface area contributed by atoms with Gasteiger partial charge in [-0.25, -0.2) is 19.4 Å². The molecule has 226 valence electrons. The monoisotopic (exact) mass is 624 g/mol. The lowest BCUT2D eigenvalue weighted by atomic mass is 10.1. The van der Waals surface area contributed by atoms with E-state index >= 15 is 0 Å². The van der Waals surface area contributed by atoms with Gasteiger partial charge in [0.15, 0.2) is 10.8 Å². The van der Waals surface area contributed by atoms with Crippen molar-refractivity contribution in [3.63, 3.8) is 0 Å². The highest BCUT2D eigenvalue weighted by Gasteiger charge is 2.25. The molecule has 12 nitrogen and oxygen atoms in total.